The number of hydrazone groups is 1. The SMILES string of the molecule is CCOC(=O)COc1ccc(/C=N\Nc2ccccc2)cc1. The number of ether oxygens (including phenoxy) is 2. The fourth-order valence-corrected chi connectivity index (χ4v) is 1.69. The van der Waals surface area contributed by atoms with E-state index in [0.717, 1.165) is 11.3 Å². The zero-order valence-electron chi connectivity index (χ0n) is 12.4. The first-order valence-electron chi connectivity index (χ1n) is 7.00. The summed E-state index contributed by atoms with van der Waals surface area (Å²) in [6.07, 6.45) is 1.71. The number of nitrogens with zero attached hydrogens (tertiary/aromatic N) is 1. The highest BCUT2D eigenvalue weighted by molar-refractivity contribution is 5.80. The Bertz CT molecular complexity index is 610. The van der Waals surface area contributed by atoms with E-state index in [1.807, 2.05) is 42.5 Å². The maximum absolute atomic E-state index is 11.2. The molecule has 2 rings (SSSR count). The van der Waals surface area contributed by atoms with Gasteiger partial charge in [0.2, 0.25) is 0 Å². The molecule has 0 aliphatic carbocycles. The molecule has 0 bridgehead atoms. The third kappa shape index (κ3) is 5.28. The summed E-state index contributed by atoms with van der Waals surface area (Å²) in [5.41, 5.74) is 4.79. The monoisotopic (exact) mass is 298 g/mol. The molecule has 0 radical (unpaired) electrons. The van der Waals surface area contributed by atoms with Crippen molar-refractivity contribution in [2.24, 2.45) is 5.10 Å². The van der Waals surface area contributed by atoms with Crippen LogP contribution in [0.3, 0.4) is 0 Å². The molecule has 2 aromatic rings. The molecule has 0 aliphatic rings. The molecule has 1 N–H and O–H groups in total. The summed E-state index contributed by atoms with van der Waals surface area (Å²) >= 11 is 0. The van der Waals surface area contributed by atoms with Gasteiger partial charge in [-0.1, -0.05) is 18.2 Å². The molecule has 0 amide bonds. The van der Waals surface area contributed by atoms with E-state index in [-0.39, 0.29) is 12.6 Å². The fourth-order valence-electron chi connectivity index (χ4n) is 1.69. The van der Waals surface area contributed by atoms with Crippen LogP contribution in [-0.4, -0.2) is 25.4 Å². The van der Waals surface area contributed by atoms with E-state index in [1.165, 1.54) is 0 Å². The first kappa shape index (κ1) is 15.6. The Labute approximate surface area is 129 Å². The van der Waals surface area contributed by atoms with E-state index in [9.17, 15) is 4.79 Å². The van der Waals surface area contributed by atoms with E-state index < -0.39 is 0 Å². The average Bonchev–Trinajstić information content (AvgIpc) is 2.55. The van der Waals surface area contributed by atoms with Crippen LogP contribution in [0.15, 0.2) is 59.7 Å². The second kappa shape index (κ2) is 8.46. The van der Waals surface area contributed by atoms with Crippen molar-refractivity contribution in [2.75, 3.05) is 18.6 Å². The van der Waals surface area contributed by atoms with Gasteiger partial charge in [0.25, 0.3) is 0 Å². The summed E-state index contributed by atoms with van der Waals surface area (Å²) < 4.78 is 10.1. The maximum atomic E-state index is 11.2. The van der Waals surface area contributed by atoms with E-state index in [4.69, 9.17) is 9.47 Å². The van der Waals surface area contributed by atoms with Crippen LogP contribution in [-0.2, 0) is 9.53 Å². The van der Waals surface area contributed by atoms with Crippen LogP contribution in [0.2, 0.25) is 0 Å². The molecule has 0 fully saturated rings. The Hall–Kier alpha value is -2.82. The molecule has 114 valence electrons. The van der Waals surface area contributed by atoms with Crippen LogP contribution >= 0.6 is 0 Å². The van der Waals surface area contributed by atoms with Gasteiger partial charge in [-0.15, -0.1) is 0 Å². The van der Waals surface area contributed by atoms with Crippen molar-refractivity contribution in [3.63, 3.8) is 0 Å². The Morgan fingerprint density at radius 3 is 2.55 bits per heavy atom. The number of anilines is 1. The molecular weight excluding hydrogens is 280 g/mol. The largest absolute Gasteiger partial charge is 0.482 e. The normalized spacial score (nSPS) is 10.4. The van der Waals surface area contributed by atoms with Gasteiger partial charge < -0.3 is 9.47 Å². The highest BCUT2D eigenvalue weighted by Gasteiger charge is 2.02. The van der Waals surface area contributed by atoms with Crippen LogP contribution in [0.25, 0.3) is 0 Å². The van der Waals surface area contributed by atoms with E-state index in [1.54, 1.807) is 25.3 Å². The number of carbonyl (C=O) groups excluding carboxylic acids is 1. The second-order valence-corrected chi connectivity index (χ2v) is 4.40. The summed E-state index contributed by atoms with van der Waals surface area (Å²) in [6.45, 7) is 2.03. The predicted molar refractivity (Wildman–Crippen MR) is 86.2 cm³/mol. The second-order valence-electron chi connectivity index (χ2n) is 4.40. The molecule has 0 spiro atoms. The molecule has 0 saturated carbocycles. The average molecular weight is 298 g/mol. The molecule has 0 heterocycles. The number of benzene rings is 2. The fraction of sp³-hybridized carbons (Fsp3) is 0.176. The molecule has 22 heavy (non-hydrogen) atoms. The van der Waals surface area contributed by atoms with Crippen LogP contribution in [0.4, 0.5) is 5.69 Å². The predicted octanol–water partition coefficient (Wildman–Crippen LogP) is 3.07. The summed E-state index contributed by atoms with van der Waals surface area (Å²) in [7, 11) is 0. The third-order valence-electron chi connectivity index (χ3n) is 2.72. The van der Waals surface area contributed by atoms with Gasteiger partial charge in [-0.2, -0.15) is 5.10 Å². The lowest BCUT2D eigenvalue weighted by Gasteiger charge is -2.05. The Morgan fingerprint density at radius 2 is 1.86 bits per heavy atom. The van der Waals surface area contributed by atoms with Gasteiger partial charge in [0.15, 0.2) is 6.61 Å². The minimum absolute atomic E-state index is 0.0865. The van der Waals surface area contributed by atoms with Gasteiger partial charge in [0, 0.05) is 0 Å². The molecule has 0 saturated heterocycles. The lowest BCUT2D eigenvalue weighted by atomic mass is 10.2. The third-order valence-corrected chi connectivity index (χ3v) is 2.72. The lowest BCUT2D eigenvalue weighted by molar-refractivity contribution is -0.145. The highest BCUT2D eigenvalue weighted by atomic mass is 16.6. The summed E-state index contributed by atoms with van der Waals surface area (Å²) in [6, 6.07) is 17.0. The number of esters is 1. The topological polar surface area (TPSA) is 59.9 Å². The van der Waals surface area contributed by atoms with Crippen molar-refractivity contribution in [2.45, 2.75) is 6.92 Å². The number of rotatable bonds is 7. The Morgan fingerprint density at radius 1 is 1.14 bits per heavy atom. The Kier molecular flexibility index (Phi) is 5.99. The van der Waals surface area contributed by atoms with E-state index in [0.29, 0.717) is 12.4 Å². The van der Waals surface area contributed by atoms with Crippen molar-refractivity contribution < 1.29 is 14.3 Å². The van der Waals surface area contributed by atoms with Crippen LogP contribution in [0.1, 0.15) is 12.5 Å². The number of para-hydroxylation sites is 1. The molecule has 0 unspecified atom stereocenters. The number of carbonyl (C=O) groups is 1. The summed E-state index contributed by atoms with van der Waals surface area (Å²) in [4.78, 5) is 11.2. The van der Waals surface area contributed by atoms with Gasteiger partial charge in [-0.25, -0.2) is 4.79 Å². The molecule has 2 aromatic carbocycles. The minimum Gasteiger partial charge on any atom is -0.482 e. The van der Waals surface area contributed by atoms with E-state index in [2.05, 4.69) is 10.5 Å². The van der Waals surface area contributed by atoms with Gasteiger partial charge in [0.1, 0.15) is 5.75 Å². The van der Waals surface area contributed by atoms with Crippen molar-refractivity contribution >= 4 is 17.9 Å². The zero-order valence-corrected chi connectivity index (χ0v) is 12.4. The Balaban J connectivity index is 1.82. The summed E-state index contributed by atoms with van der Waals surface area (Å²) in [5.74, 6) is 0.237. The quantitative estimate of drug-likeness (QED) is 0.485. The first-order valence-corrected chi connectivity index (χ1v) is 7.00. The number of hydrogen-bond donors (Lipinski definition) is 1. The maximum Gasteiger partial charge on any atom is 0.344 e. The molecule has 0 atom stereocenters. The van der Waals surface area contributed by atoms with Gasteiger partial charge in [-0.05, 0) is 48.9 Å². The molecule has 0 aromatic heterocycles. The number of hydrogen-bond acceptors (Lipinski definition) is 5. The van der Waals surface area contributed by atoms with Crippen LogP contribution in [0.5, 0.6) is 5.75 Å². The van der Waals surface area contributed by atoms with Gasteiger partial charge in [0.05, 0.1) is 18.5 Å². The smallest absolute Gasteiger partial charge is 0.344 e. The number of nitrogens with one attached hydrogen (secondary N) is 1. The van der Waals surface area contributed by atoms with Crippen LogP contribution in [0, 0.1) is 0 Å². The van der Waals surface area contributed by atoms with Crippen molar-refractivity contribution in [3.8, 4) is 5.75 Å². The zero-order chi connectivity index (χ0) is 15.6. The van der Waals surface area contributed by atoms with Crippen molar-refractivity contribution in [1.82, 2.24) is 0 Å². The molecular formula is C17H18N2O3. The lowest BCUT2D eigenvalue weighted by Crippen LogP contribution is -2.14. The van der Waals surface area contributed by atoms with Crippen molar-refractivity contribution in [3.05, 3.63) is 60.2 Å². The molecule has 5 heteroatoms. The minimum atomic E-state index is -0.375. The highest BCUT2D eigenvalue weighted by Crippen LogP contribution is 2.11. The molecule has 0 aliphatic heterocycles. The first-order chi connectivity index (χ1) is 10.8. The van der Waals surface area contributed by atoms with E-state index >= 15 is 0 Å². The van der Waals surface area contributed by atoms with Crippen LogP contribution < -0.4 is 10.2 Å². The summed E-state index contributed by atoms with van der Waals surface area (Å²) in [5, 5.41) is 4.15. The van der Waals surface area contributed by atoms with Gasteiger partial charge in [-0.3, -0.25) is 5.43 Å². The van der Waals surface area contributed by atoms with Gasteiger partial charge >= 0.3 is 5.97 Å². The van der Waals surface area contributed by atoms with Crippen molar-refractivity contribution in [1.29, 1.82) is 0 Å². The standard InChI is InChI=1S/C17H18N2O3/c1-2-21-17(20)13-22-16-10-8-14(9-11-16)12-18-19-15-6-4-3-5-7-15/h3-12,19H,2,13H2,1H3/b18-12-. The molecule has 5 nitrogen and oxygen atoms in total.